The molecule has 0 heterocycles. The maximum atomic E-state index is 11.7. The molecule has 1 atom stereocenters. The molecule has 0 spiro atoms. The van der Waals surface area contributed by atoms with Crippen LogP contribution in [-0.2, 0) is 6.42 Å². The van der Waals surface area contributed by atoms with Gasteiger partial charge in [-0.05, 0) is 36.6 Å². The molecule has 0 radical (unpaired) electrons. The number of hydrogen-bond acceptors (Lipinski definition) is 3. The van der Waals surface area contributed by atoms with E-state index in [1.165, 1.54) is 5.56 Å². The van der Waals surface area contributed by atoms with Crippen molar-refractivity contribution in [3.05, 3.63) is 65.7 Å². The lowest BCUT2D eigenvalue weighted by atomic mass is 10.1. The molecule has 0 aliphatic rings. The van der Waals surface area contributed by atoms with E-state index in [0.29, 0.717) is 12.3 Å². The van der Waals surface area contributed by atoms with Gasteiger partial charge < -0.3 is 20.5 Å². The quantitative estimate of drug-likeness (QED) is 0.696. The zero-order valence-electron chi connectivity index (χ0n) is 13.9. The van der Waals surface area contributed by atoms with E-state index in [9.17, 15) is 9.90 Å². The van der Waals surface area contributed by atoms with Crippen LogP contribution in [-0.4, -0.2) is 36.9 Å². The Labute approximate surface area is 142 Å². The molecule has 0 aliphatic heterocycles. The largest absolute Gasteiger partial charge is 0.491 e. The van der Waals surface area contributed by atoms with Crippen LogP contribution in [0.2, 0.25) is 0 Å². The number of aliphatic hydroxyl groups excluding tert-OH is 1. The van der Waals surface area contributed by atoms with Crippen LogP contribution in [0.15, 0.2) is 54.6 Å². The predicted octanol–water partition coefficient (Wildman–Crippen LogP) is 2.28. The number of benzene rings is 2. The summed E-state index contributed by atoms with van der Waals surface area (Å²) in [6.45, 7) is 2.80. The van der Waals surface area contributed by atoms with Gasteiger partial charge in [-0.3, -0.25) is 0 Å². The first kappa shape index (κ1) is 17.8. The van der Waals surface area contributed by atoms with E-state index in [1.807, 2.05) is 61.5 Å². The molecule has 1 unspecified atom stereocenters. The van der Waals surface area contributed by atoms with E-state index in [0.717, 1.165) is 12.0 Å². The number of hydrogen-bond donors (Lipinski definition) is 3. The highest BCUT2D eigenvalue weighted by Crippen LogP contribution is 2.12. The molecule has 2 aromatic rings. The number of ether oxygens (including phenoxy) is 1. The van der Waals surface area contributed by atoms with Gasteiger partial charge in [-0.1, -0.05) is 42.5 Å². The molecule has 2 aromatic carbocycles. The first-order valence-electron chi connectivity index (χ1n) is 8.06. The minimum atomic E-state index is -0.759. The van der Waals surface area contributed by atoms with Crippen molar-refractivity contribution in [3.63, 3.8) is 0 Å². The van der Waals surface area contributed by atoms with Gasteiger partial charge in [-0.25, -0.2) is 4.79 Å². The van der Waals surface area contributed by atoms with Gasteiger partial charge in [-0.2, -0.15) is 0 Å². The van der Waals surface area contributed by atoms with Crippen LogP contribution >= 0.6 is 0 Å². The Hall–Kier alpha value is -2.53. The van der Waals surface area contributed by atoms with E-state index >= 15 is 0 Å². The molecule has 128 valence electrons. The van der Waals surface area contributed by atoms with E-state index < -0.39 is 6.10 Å². The molecule has 5 heteroatoms. The molecule has 0 saturated carbocycles. The molecule has 2 rings (SSSR count). The van der Waals surface area contributed by atoms with Gasteiger partial charge in [0.2, 0.25) is 0 Å². The summed E-state index contributed by atoms with van der Waals surface area (Å²) in [4.78, 5) is 11.7. The Morgan fingerprint density at radius 3 is 2.67 bits per heavy atom. The average Bonchev–Trinajstić information content (AvgIpc) is 2.59. The standard InChI is InChI=1S/C19H24N2O3/c1-15-6-5-9-18(12-15)24-14-17(22)13-21-19(23)20-11-10-16-7-3-2-4-8-16/h2-9,12,17,22H,10-11,13-14H2,1H3,(H2,20,21,23). The fraction of sp³-hybridized carbons (Fsp3) is 0.316. The van der Waals surface area contributed by atoms with Crippen molar-refractivity contribution < 1.29 is 14.6 Å². The Morgan fingerprint density at radius 2 is 1.92 bits per heavy atom. The Kier molecular flexibility index (Phi) is 7.11. The molecule has 0 aliphatic carbocycles. The molecule has 0 saturated heterocycles. The SMILES string of the molecule is Cc1cccc(OCC(O)CNC(=O)NCCc2ccccc2)c1. The van der Waals surface area contributed by atoms with Crippen LogP contribution in [0.25, 0.3) is 0 Å². The molecule has 5 nitrogen and oxygen atoms in total. The van der Waals surface area contributed by atoms with Crippen LogP contribution in [0, 0.1) is 6.92 Å². The number of aryl methyl sites for hydroxylation is 1. The Balaban J connectivity index is 1.59. The van der Waals surface area contributed by atoms with Crippen LogP contribution in [0.5, 0.6) is 5.75 Å². The van der Waals surface area contributed by atoms with E-state index in [-0.39, 0.29) is 19.2 Å². The number of urea groups is 1. The molecule has 24 heavy (non-hydrogen) atoms. The van der Waals surface area contributed by atoms with E-state index in [4.69, 9.17) is 4.74 Å². The maximum Gasteiger partial charge on any atom is 0.314 e. The summed E-state index contributed by atoms with van der Waals surface area (Å²) in [6.07, 6.45) is 0.0122. The number of aliphatic hydroxyl groups is 1. The third-order valence-corrected chi connectivity index (χ3v) is 3.47. The fourth-order valence-corrected chi connectivity index (χ4v) is 2.19. The summed E-state index contributed by atoms with van der Waals surface area (Å²) in [7, 11) is 0. The van der Waals surface area contributed by atoms with Gasteiger partial charge in [-0.15, -0.1) is 0 Å². The second kappa shape index (κ2) is 9.57. The minimum Gasteiger partial charge on any atom is -0.491 e. The van der Waals surface area contributed by atoms with Gasteiger partial charge in [0.15, 0.2) is 0 Å². The smallest absolute Gasteiger partial charge is 0.314 e. The number of rotatable bonds is 8. The molecule has 3 N–H and O–H groups in total. The first-order valence-corrected chi connectivity index (χ1v) is 8.06. The second-order valence-electron chi connectivity index (χ2n) is 5.65. The number of amides is 2. The zero-order valence-corrected chi connectivity index (χ0v) is 13.9. The number of nitrogens with one attached hydrogen (secondary N) is 2. The molecular weight excluding hydrogens is 304 g/mol. The lowest BCUT2D eigenvalue weighted by Gasteiger charge is -2.14. The first-order chi connectivity index (χ1) is 11.6. The second-order valence-corrected chi connectivity index (χ2v) is 5.65. The average molecular weight is 328 g/mol. The summed E-state index contributed by atoms with van der Waals surface area (Å²) in [5.41, 5.74) is 2.27. The van der Waals surface area contributed by atoms with Crippen molar-refractivity contribution in [3.8, 4) is 5.75 Å². The minimum absolute atomic E-state index is 0.133. The molecule has 0 bridgehead atoms. The summed E-state index contributed by atoms with van der Waals surface area (Å²) in [6, 6.07) is 17.3. The molecule has 0 aromatic heterocycles. The van der Waals surface area contributed by atoms with Crippen molar-refractivity contribution in [1.82, 2.24) is 10.6 Å². The van der Waals surface area contributed by atoms with E-state index in [2.05, 4.69) is 10.6 Å². The third kappa shape index (κ3) is 6.71. The van der Waals surface area contributed by atoms with Crippen molar-refractivity contribution >= 4 is 6.03 Å². The Morgan fingerprint density at radius 1 is 1.12 bits per heavy atom. The van der Waals surface area contributed by atoms with Crippen LogP contribution in [0.1, 0.15) is 11.1 Å². The Bertz CT molecular complexity index is 632. The topological polar surface area (TPSA) is 70.6 Å². The predicted molar refractivity (Wildman–Crippen MR) is 94.2 cm³/mol. The maximum absolute atomic E-state index is 11.7. The summed E-state index contributed by atoms with van der Waals surface area (Å²) >= 11 is 0. The van der Waals surface area contributed by atoms with Crippen molar-refractivity contribution in [2.75, 3.05) is 19.7 Å². The highest BCUT2D eigenvalue weighted by Gasteiger charge is 2.08. The monoisotopic (exact) mass is 328 g/mol. The van der Waals surface area contributed by atoms with Crippen molar-refractivity contribution in [1.29, 1.82) is 0 Å². The van der Waals surface area contributed by atoms with Gasteiger partial charge in [0, 0.05) is 13.1 Å². The van der Waals surface area contributed by atoms with Crippen molar-refractivity contribution in [2.45, 2.75) is 19.4 Å². The number of carbonyl (C=O) groups excluding carboxylic acids is 1. The lowest BCUT2D eigenvalue weighted by molar-refractivity contribution is 0.108. The van der Waals surface area contributed by atoms with Gasteiger partial charge >= 0.3 is 6.03 Å². The van der Waals surface area contributed by atoms with Crippen LogP contribution < -0.4 is 15.4 Å². The normalized spacial score (nSPS) is 11.6. The molecule has 0 fully saturated rings. The highest BCUT2D eigenvalue weighted by atomic mass is 16.5. The van der Waals surface area contributed by atoms with Gasteiger partial charge in [0.1, 0.15) is 18.5 Å². The van der Waals surface area contributed by atoms with E-state index in [1.54, 1.807) is 0 Å². The molecular formula is C19H24N2O3. The number of carbonyl (C=O) groups is 1. The summed E-state index contributed by atoms with van der Waals surface area (Å²) < 4.78 is 5.50. The summed E-state index contributed by atoms with van der Waals surface area (Å²) in [5.74, 6) is 0.710. The lowest BCUT2D eigenvalue weighted by Crippen LogP contribution is -2.41. The highest BCUT2D eigenvalue weighted by molar-refractivity contribution is 5.73. The fourth-order valence-electron chi connectivity index (χ4n) is 2.19. The third-order valence-electron chi connectivity index (χ3n) is 3.47. The van der Waals surface area contributed by atoms with Crippen molar-refractivity contribution in [2.24, 2.45) is 0 Å². The van der Waals surface area contributed by atoms with Crippen LogP contribution in [0.3, 0.4) is 0 Å². The summed E-state index contributed by atoms with van der Waals surface area (Å²) in [5, 5.41) is 15.3. The zero-order chi connectivity index (χ0) is 17.2. The molecule has 2 amide bonds. The van der Waals surface area contributed by atoms with Gasteiger partial charge in [0.05, 0.1) is 0 Å². The van der Waals surface area contributed by atoms with Gasteiger partial charge in [0.25, 0.3) is 0 Å². The van der Waals surface area contributed by atoms with Crippen LogP contribution in [0.4, 0.5) is 4.79 Å².